The van der Waals surface area contributed by atoms with E-state index in [1.54, 1.807) is 0 Å². The molecule has 0 heterocycles. The summed E-state index contributed by atoms with van der Waals surface area (Å²) in [6, 6.07) is 0. The van der Waals surface area contributed by atoms with Gasteiger partial charge in [0.2, 0.25) is 0 Å². The second-order valence-corrected chi connectivity index (χ2v) is 27.6. The molecule has 101 heavy (non-hydrogen) atoms. The fourth-order valence-corrected chi connectivity index (χ4v) is 10.7. The fraction of sp³-hybridized carbons (Fsp3) is 0.620. The number of quaternary nitrogens is 1. The summed E-state index contributed by atoms with van der Waals surface area (Å²) in [5.41, 5.74) is 0. The fourth-order valence-electron chi connectivity index (χ4n) is 10.7. The minimum atomic E-state index is -1.64. The Hall–Kier alpha value is -5.87. The van der Waals surface area contributed by atoms with E-state index in [0.717, 1.165) is 148 Å². The molecule has 2 unspecified atom stereocenters. The van der Waals surface area contributed by atoms with E-state index in [1.165, 1.54) is 128 Å². The number of hydrogen-bond acceptors (Lipinski definition) is 8. The molecule has 0 saturated heterocycles. The maximum Gasteiger partial charge on any atom is 0.306 e. The van der Waals surface area contributed by atoms with Gasteiger partial charge in [-0.2, -0.15) is 0 Å². The van der Waals surface area contributed by atoms with E-state index in [4.69, 9.17) is 18.9 Å². The summed E-state index contributed by atoms with van der Waals surface area (Å²) in [5.74, 6) is -2.30. The van der Waals surface area contributed by atoms with Gasteiger partial charge in [0, 0.05) is 12.8 Å². The number of aliphatic carboxylic acids is 1. The summed E-state index contributed by atoms with van der Waals surface area (Å²) in [6.07, 6.45) is 120. The quantitative estimate of drug-likeness (QED) is 0.0195. The molecule has 0 saturated carbocycles. The number of carbonyl (C=O) groups excluding carboxylic acids is 3. The lowest BCUT2D eigenvalue weighted by molar-refractivity contribution is -0.870. The highest BCUT2D eigenvalue weighted by Crippen LogP contribution is 2.17. The van der Waals surface area contributed by atoms with Gasteiger partial charge < -0.3 is 33.3 Å². The molecule has 0 aliphatic rings. The van der Waals surface area contributed by atoms with Crippen LogP contribution in [0.3, 0.4) is 0 Å². The average molecular weight is 1400 g/mol. The Balaban J connectivity index is 4.09. The second-order valence-electron chi connectivity index (χ2n) is 27.6. The molecular weight excluding hydrogens is 1250 g/mol. The van der Waals surface area contributed by atoms with Crippen molar-refractivity contribution in [1.82, 2.24) is 0 Å². The summed E-state index contributed by atoms with van der Waals surface area (Å²) >= 11 is 0. The molecule has 0 amide bonds. The van der Waals surface area contributed by atoms with Gasteiger partial charge in [-0.15, -0.1) is 0 Å². The van der Waals surface area contributed by atoms with Crippen LogP contribution in [0.15, 0.2) is 194 Å². The minimum Gasteiger partial charge on any atom is -0.545 e. The van der Waals surface area contributed by atoms with Gasteiger partial charge in [0.25, 0.3) is 0 Å². The van der Waals surface area contributed by atoms with Crippen LogP contribution in [-0.4, -0.2) is 82.3 Å². The lowest BCUT2D eigenvalue weighted by Crippen LogP contribution is -2.44. The molecule has 2 atom stereocenters. The number of hydrogen-bond donors (Lipinski definition) is 0. The van der Waals surface area contributed by atoms with Crippen molar-refractivity contribution in [2.75, 3.05) is 47.5 Å². The van der Waals surface area contributed by atoms with Crippen LogP contribution in [0.5, 0.6) is 0 Å². The van der Waals surface area contributed by atoms with Gasteiger partial charge in [-0.1, -0.05) is 350 Å². The monoisotopic (exact) mass is 1400 g/mol. The van der Waals surface area contributed by atoms with Crippen molar-refractivity contribution in [3.8, 4) is 0 Å². The highest BCUT2D eigenvalue weighted by atomic mass is 16.7. The highest BCUT2D eigenvalue weighted by Gasteiger charge is 2.22. The molecule has 0 aliphatic carbocycles. The first-order chi connectivity index (χ1) is 49.6. The number of likely N-dealkylation sites (N-methyl/N-ethyl adjacent to an activating group) is 1. The van der Waals surface area contributed by atoms with Crippen LogP contribution >= 0.6 is 0 Å². The topological polar surface area (TPSA) is 111 Å². The van der Waals surface area contributed by atoms with E-state index in [0.29, 0.717) is 17.4 Å². The third-order valence-electron chi connectivity index (χ3n) is 16.8. The Morgan fingerprint density at radius 2 is 0.535 bits per heavy atom. The number of ether oxygens (including phenoxy) is 4. The Bertz CT molecular complexity index is 2380. The molecular formula is C92H149NO8. The summed E-state index contributed by atoms with van der Waals surface area (Å²) in [6.45, 7) is 4.51. The van der Waals surface area contributed by atoms with Crippen LogP contribution in [0.25, 0.3) is 0 Å². The summed E-state index contributed by atoms with van der Waals surface area (Å²) in [5, 5.41) is 11.9. The van der Waals surface area contributed by atoms with E-state index in [9.17, 15) is 19.5 Å². The number of carboxylic acid groups (broad SMARTS) is 1. The summed E-state index contributed by atoms with van der Waals surface area (Å²) in [4.78, 5) is 37.6. The third-order valence-corrected chi connectivity index (χ3v) is 16.8. The molecule has 0 aromatic heterocycles. The second kappa shape index (κ2) is 79.8. The Morgan fingerprint density at radius 3 is 0.792 bits per heavy atom. The minimum absolute atomic E-state index is 0.137. The van der Waals surface area contributed by atoms with Crippen molar-refractivity contribution in [2.45, 2.75) is 322 Å². The lowest BCUT2D eigenvalue weighted by Gasteiger charge is -2.26. The van der Waals surface area contributed by atoms with Crippen molar-refractivity contribution in [3.05, 3.63) is 194 Å². The maximum atomic E-state index is 13.0. The summed E-state index contributed by atoms with van der Waals surface area (Å²) in [7, 11) is 5.92. The van der Waals surface area contributed by atoms with E-state index in [-0.39, 0.29) is 38.6 Å². The SMILES string of the molecule is CC/C=C\C/C=C\C/C=C\C/C=C\C/C=C\C/C=C\C/C=C\C/C=C\C/C=C\CCCCCCCCCC(=O)OC(COC(=O)CCCCCCCCCCCCCCCCCCCCC/C=C\C/C=C\C/C=C\C/C=C\C/C=C\C/C=C\C/C=C\CC)COC(OCC[N+](C)(C)C)C(=O)[O-]. The van der Waals surface area contributed by atoms with Gasteiger partial charge in [-0.05, 0) is 141 Å². The third kappa shape index (κ3) is 81.3. The van der Waals surface area contributed by atoms with Crippen molar-refractivity contribution in [2.24, 2.45) is 0 Å². The van der Waals surface area contributed by atoms with Crippen LogP contribution in [0.1, 0.15) is 309 Å². The molecule has 0 radical (unpaired) electrons. The smallest absolute Gasteiger partial charge is 0.306 e. The first-order valence-corrected chi connectivity index (χ1v) is 40.6. The highest BCUT2D eigenvalue weighted by molar-refractivity contribution is 5.70. The standard InChI is InChI=1S/C92H149NO8/c1-6-8-10-12-14-16-18-20-22-24-26-28-30-32-34-36-38-40-42-43-44-45-46-47-49-50-52-54-56-58-60-62-64-66-68-70-72-74-76-78-80-82-89(94)99-86-88(87-100-92(91(96)97)98-85-84-93(3,4)5)101-90(95)83-81-79-77-75-73-71-69-67-65-63-61-59-57-55-53-51-48-41-39-37-35-33-31-29-27-25-23-21-19-17-15-13-11-9-7-2/h8-11,14-17,20-23,26-29,32-35,38-41,43-44,51,53,57,59,63,65,88,92H,6-7,12-13,18-19,24-25,30-31,36-37,42,45-50,52,54-56,58,60-62,64,66-87H2,1-5H3/b10-8-,11-9-,16-14-,17-15-,22-20-,23-21-,28-26-,29-27-,34-32-,35-33-,40-38-,41-39-,44-43-,53-51-,59-57-,65-63-. The number of nitrogens with zero attached hydrogens (tertiary/aromatic N) is 1. The molecule has 0 bridgehead atoms. The number of allylic oxidation sites excluding steroid dienone is 32. The molecule has 0 aromatic carbocycles. The average Bonchev–Trinajstić information content (AvgIpc) is 1.25. The van der Waals surface area contributed by atoms with Crippen molar-refractivity contribution in [3.63, 3.8) is 0 Å². The first-order valence-electron chi connectivity index (χ1n) is 40.6. The van der Waals surface area contributed by atoms with Crippen LogP contribution < -0.4 is 5.11 Å². The molecule has 0 rings (SSSR count). The molecule has 9 heteroatoms. The zero-order valence-corrected chi connectivity index (χ0v) is 65.2. The predicted octanol–water partition coefficient (Wildman–Crippen LogP) is 25.1. The van der Waals surface area contributed by atoms with E-state index < -0.39 is 24.3 Å². The van der Waals surface area contributed by atoms with Crippen LogP contribution in [0, 0.1) is 0 Å². The van der Waals surface area contributed by atoms with Gasteiger partial charge in [-0.25, -0.2) is 0 Å². The number of carbonyl (C=O) groups is 3. The molecule has 0 N–H and O–H groups in total. The van der Waals surface area contributed by atoms with Crippen LogP contribution in [0.4, 0.5) is 0 Å². The van der Waals surface area contributed by atoms with Gasteiger partial charge in [0.1, 0.15) is 13.2 Å². The summed E-state index contributed by atoms with van der Waals surface area (Å²) < 4.78 is 22.8. The Kier molecular flexibility index (Phi) is 75.2. The lowest BCUT2D eigenvalue weighted by atomic mass is 10.0. The van der Waals surface area contributed by atoms with Gasteiger partial charge in [-0.3, -0.25) is 9.59 Å². The number of unbranched alkanes of at least 4 members (excludes halogenated alkanes) is 26. The predicted molar refractivity (Wildman–Crippen MR) is 434 cm³/mol. The normalized spacial score (nSPS) is 13.7. The zero-order valence-electron chi connectivity index (χ0n) is 65.2. The Labute approximate surface area is 621 Å². The largest absolute Gasteiger partial charge is 0.545 e. The molecule has 0 spiro atoms. The van der Waals surface area contributed by atoms with Crippen LogP contribution in [0.2, 0.25) is 0 Å². The number of esters is 2. The Morgan fingerprint density at radius 1 is 0.297 bits per heavy atom. The van der Waals surface area contributed by atoms with E-state index in [2.05, 4.69) is 208 Å². The molecule has 570 valence electrons. The van der Waals surface area contributed by atoms with E-state index >= 15 is 0 Å². The van der Waals surface area contributed by atoms with Crippen molar-refractivity contribution in [1.29, 1.82) is 0 Å². The molecule has 0 aromatic rings. The zero-order chi connectivity index (χ0) is 73.2. The van der Waals surface area contributed by atoms with Crippen molar-refractivity contribution >= 4 is 17.9 Å². The van der Waals surface area contributed by atoms with Crippen molar-refractivity contribution < 1.29 is 42.9 Å². The number of rotatable bonds is 73. The molecule has 0 fully saturated rings. The number of carboxylic acids is 1. The van der Waals surface area contributed by atoms with Gasteiger partial charge in [0.05, 0.1) is 40.3 Å². The van der Waals surface area contributed by atoms with Crippen LogP contribution in [-0.2, 0) is 33.3 Å². The van der Waals surface area contributed by atoms with Gasteiger partial charge >= 0.3 is 11.9 Å². The molecule has 9 nitrogen and oxygen atoms in total. The van der Waals surface area contributed by atoms with E-state index in [1.807, 2.05) is 21.1 Å². The molecule has 0 aliphatic heterocycles. The van der Waals surface area contributed by atoms with Gasteiger partial charge in [0.15, 0.2) is 12.4 Å². The maximum absolute atomic E-state index is 13.0. The first kappa shape index (κ1) is 95.1.